The maximum absolute atomic E-state index is 12.2. The van der Waals surface area contributed by atoms with E-state index >= 15 is 0 Å². The third-order valence-corrected chi connectivity index (χ3v) is 4.86. The molecule has 2 aliphatic rings. The standard InChI is InChI=1S/C15H24N4O2/c16-12-13(9-5-6-9)18-19-14(12)15(21)17-7-10-3-1-2-4-11(10)8-20/h9-11,20H,1-8,16H2,(H,17,21)(H,18,19). The van der Waals surface area contributed by atoms with Gasteiger partial charge in [0, 0.05) is 19.1 Å². The number of rotatable bonds is 5. The molecule has 116 valence electrons. The number of hydrogen-bond donors (Lipinski definition) is 4. The Balaban J connectivity index is 1.58. The summed E-state index contributed by atoms with van der Waals surface area (Å²) in [4.78, 5) is 12.2. The number of carbonyl (C=O) groups is 1. The largest absolute Gasteiger partial charge is 0.396 e. The van der Waals surface area contributed by atoms with Gasteiger partial charge in [0.2, 0.25) is 0 Å². The summed E-state index contributed by atoms with van der Waals surface area (Å²) in [6.45, 7) is 0.798. The first-order valence-corrected chi connectivity index (χ1v) is 7.93. The van der Waals surface area contributed by atoms with Crippen LogP contribution in [0.25, 0.3) is 0 Å². The van der Waals surface area contributed by atoms with Crippen LogP contribution in [0.4, 0.5) is 5.69 Å². The van der Waals surface area contributed by atoms with E-state index in [4.69, 9.17) is 5.73 Å². The van der Waals surface area contributed by atoms with Crippen LogP contribution in [0.3, 0.4) is 0 Å². The monoisotopic (exact) mass is 292 g/mol. The van der Waals surface area contributed by atoms with Crippen molar-refractivity contribution in [2.45, 2.75) is 44.4 Å². The van der Waals surface area contributed by atoms with Crippen LogP contribution in [0.1, 0.15) is 60.6 Å². The lowest BCUT2D eigenvalue weighted by Crippen LogP contribution is -2.35. The Morgan fingerprint density at radius 2 is 2.00 bits per heavy atom. The van der Waals surface area contributed by atoms with Gasteiger partial charge >= 0.3 is 0 Å². The first-order chi connectivity index (χ1) is 10.2. The predicted octanol–water partition coefficient (Wildman–Crippen LogP) is 1.40. The number of aromatic nitrogens is 2. The minimum atomic E-state index is -0.210. The number of anilines is 1. The van der Waals surface area contributed by atoms with Gasteiger partial charge in [-0.2, -0.15) is 5.10 Å². The fourth-order valence-corrected chi connectivity index (χ4v) is 3.32. The summed E-state index contributed by atoms with van der Waals surface area (Å²) in [5, 5.41) is 19.3. The lowest BCUT2D eigenvalue weighted by molar-refractivity contribution is 0.0905. The minimum Gasteiger partial charge on any atom is -0.396 e. The van der Waals surface area contributed by atoms with E-state index in [1.54, 1.807) is 0 Å². The fraction of sp³-hybridized carbons (Fsp3) is 0.733. The molecule has 6 nitrogen and oxygen atoms in total. The highest BCUT2D eigenvalue weighted by Gasteiger charge is 2.31. The molecule has 0 spiro atoms. The highest BCUT2D eigenvalue weighted by molar-refractivity contribution is 5.97. The summed E-state index contributed by atoms with van der Waals surface area (Å²) in [5.41, 5.74) is 7.73. The number of aromatic amines is 1. The summed E-state index contributed by atoms with van der Waals surface area (Å²) >= 11 is 0. The van der Waals surface area contributed by atoms with E-state index in [0.29, 0.717) is 35.7 Å². The lowest BCUT2D eigenvalue weighted by atomic mass is 9.79. The molecule has 2 fully saturated rings. The van der Waals surface area contributed by atoms with Gasteiger partial charge in [0.1, 0.15) is 0 Å². The van der Waals surface area contributed by atoms with Crippen molar-refractivity contribution in [2.75, 3.05) is 18.9 Å². The third-order valence-electron chi connectivity index (χ3n) is 4.86. The van der Waals surface area contributed by atoms with Crippen LogP contribution >= 0.6 is 0 Å². The molecule has 1 heterocycles. The maximum Gasteiger partial charge on any atom is 0.273 e. The Morgan fingerprint density at radius 1 is 1.29 bits per heavy atom. The van der Waals surface area contributed by atoms with Crippen LogP contribution in [0.15, 0.2) is 0 Å². The van der Waals surface area contributed by atoms with Gasteiger partial charge in [-0.3, -0.25) is 9.89 Å². The van der Waals surface area contributed by atoms with Crippen LogP contribution in [0.5, 0.6) is 0 Å². The van der Waals surface area contributed by atoms with Crippen molar-refractivity contribution in [3.05, 3.63) is 11.4 Å². The molecule has 3 rings (SSSR count). The number of nitrogens with two attached hydrogens (primary N) is 1. The number of carbonyl (C=O) groups excluding carboxylic acids is 1. The molecule has 21 heavy (non-hydrogen) atoms. The molecule has 2 aliphatic carbocycles. The molecule has 0 radical (unpaired) electrons. The summed E-state index contributed by atoms with van der Waals surface area (Å²) in [6.07, 6.45) is 6.70. The molecule has 6 heteroatoms. The summed E-state index contributed by atoms with van der Waals surface area (Å²) < 4.78 is 0. The van der Waals surface area contributed by atoms with E-state index in [-0.39, 0.29) is 12.5 Å². The molecule has 1 amide bonds. The second-order valence-corrected chi connectivity index (χ2v) is 6.37. The molecule has 0 aromatic carbocycles. The van der Waals surface area contributed by atoms with Gasteiger partial charge in [-0.25, -0.2) is 0 Å². The summed E-state index contributed by atoms with van der Waals surface area (Å²) in [6, 6.07) is 0. The third kappa shape index (κ3) is 3.05. The summed E-state index contributed by atoms with van der Waals surface area (Å²) in [5.74, 6) is 0.905. The van der Waals surface area contributed by atoms with Crippen LogP contribution in [-0.2, 0) is 0 Å². The average molecular weight is 292 g/mol. The zero-order valence-corrected chi connectivity index (χ0v) is 12.3. The molecule has 2 unspecified atom stereocenters. The summed E-state index contributed by atoms with van der Waals surface area (Å²) in [7, 11) is 0. The molecule has 2 saturated carbocycles. The number of H-pyrrole nitrogens is 1. The first kappa shape index (κ1) is 14.4. The van der Waals surface area contributed by atoms with E-state index in [1.807, 2.05) is 0 Å². The highest BCUT2D eigenvalue weighted by Crippen LogP contribution is 2.42. The van der Waals surface area contributed by atoms with Gasteiger partial charge in [0.15, 0.2) is 5.69 Å². The van der Waals surface area contributed by atoms with Crippen molar-refractivity contribution < 1.29 is 9.90 Å². The van der Waals surface area contributed by atoms with Crippen molar-refractivity contribution in [2.24, 2.45) is 11.8 Å². The van der Waals surface area contributed by atoms with Crippen molar-refractivity contribution in [1.29, 1.82) is 0 Å². The van der Waals surface area contributed by atoms with Gasteiger partial charge in [0.25, 0.3) is 5.91 Å². The van der Waals surface area contributed by atoms with Gasteiger partial charge < -0.3 is 16.2 Å². The van der Waals surface area contributed by atoms with E-state index in [9.17, 15) is 9.90 Å². The van der Waals surface area contributed by atoms with E-state index < -0.39 is 0 Å². The number of nitrogens with one attached hydrogen (secondary N) is 2. The van der Waals surface area contributed by atoms with Crippen LogP contribution in [-0.4, -0.2) is 34.4 Å². The van der Waals surface area contributed by atoms with Crippen molar-refractivity contribution >= 4 is 11.6 Å². The lowest BCUT2D eigenvalue weighted by Gasteiger charge is -2.30. The number of aliphatic hydroxyl groups excluding tert-OH is 1. The molecular formula is C15H24N4O2. The van der Waals surface area contributed by atoms with E-state index in [2.05, 4.69) is 15.5 Å². The SMILES string of the molecule is Nc1c(C(=O)NCC2CCCCC2CO)n[nH]c1C1CC1. The smallest absolute Gasteiger partial charge is 0.273 e. The quantitative estimate of drug-likeness (QED) is 0.658. The first-order valence-electron chi connectivity index (χ1n) is 7.93. The predicted molar refractivity (Wildman–Crippen MR) is 79.8 cm³/mol. The Bertz CT molecular complexity index is 510. The molecule has 1 aromatic rings. The normalized spacial score (nSPS) is 25.8. The zero-order valence-electron chi connectivity index (χ0n) is 12.3. The highest BCUT2D eigenvalue weighted by atomic mass is 16.3. The number of nitrogens with zero attached hydrogens (tertiary/aromatic N) is 1. The minimum absolute atomic E-state index is 0.205. The fourth-order valence-electron chi connectivity index (χ4n) is 3.32. The van der Waals surface area contributed by atoms with Crippen LogP contribution < -0.4 is 11.1 Å². The van der Waals surface area contributed by atoms with Crippen LogP contribution in [0, 0.1) is 11.8 Å². The molecule has 1 aromatic heterocycles. The molecule has 0 saturated heterocycles. The molecule has 0 aliphatic heterocycles. The van der Waals surface area contributed by atoms with Crippen molar-refractivity contribution in [3.8, 4) is 0 Å². The second kappa shape index (κ2) is 6.05. The van der Waals surface area contributed by atoms with Gasteiger partial charge in [0.05, 0.1) is 11.4 Å². The number of amides is 1. The van der Waals surface area contributed by atoms with E-state index in [0.717, 1.165) is 31.4 Å². The Morgan fingerprint density at radius 3 is 2.67 bits per heavy atom. The number of nitrogen functional groups attached to an aromatic ring is 1. The van der Waals surface area contributed by atoms with Gasteiger partial charge in [-0.1, -0.05) is 12.8 Å². The second-order valence-electron chi connectivity index (χ2n) is 6.37. The molecule has 0 bridgehead atoms. The Kier molecular flexibility index (Phi) is 4.14. The topological polar surface area (TPSA) is 104 Å². The number of hydrogen-bond acceptors (Lipinski definition) is 4. The average Bonchev–Trinajstić information content (AvgIpc) is 3.28. The maximum atomic E-state index is 12.2. The van der Waals surface area contributed by atoms with Gasteiger partial charge in [-0.05, 0) is 37.5 Å². The molecule has 2 atom stereocenters. The Hall–Kier alpha value is -1.56. The van der Waals surface area contributed by atoms with Gasteiger partial charge in [-0.15, -0.1) is 0 Å². The van der Waals surface area contributed by atoms with Crippen molar-refractivity contribution in [3.63, 3.8) is 0 Å². The van der Waals surface area contributed by atoms with Crippen molar-refractivity contribution in [1.82, 2.24) is 15.5 Å². The molecular weight excluding hydrogens is 268 g/mol. The molecule has 5 N–H and O–H groups in total. The number of aliphatic hydroxyl groups is 1. The zero-order chi connectivity index (χ0) is 14.8. The Labute approximate surface area is 124 Å². The van der Waals surface area contributed by atoms with Crippen LogP contribution in [0.2, 0.25) is 0 Å². The van der Waals surface area contributed by atoms with E-state index in [1.165, 1.54) is 12.8 Å².